The summed E-state index contributed by atoms with van der Waals surface area (Å²) in [7, 11) is 1.68. The molecule has 4 rings (SSSR count). The lowest BCUT2D eigenvalue weighted by Gasteiger charge is -2.11. The molecule has 6 heteroatoms. The van der Waals surface area contributed by atoms with Crippen LogP contribution >= 0.6 is 0 Å². The Balaban J connectivity index is 1.39. The molecule has 0 unspecified atom stereocenters. The van der Waals surface area contributed by atoms with E-state index in [1.807, 2.05) is 55.6 Å². The molecule has 0 atom stereocenters. The number of carbonyl (C=O) groups excluding carboxylic acids is 1. The second kappa shape index (κ2) is 10.6. The van der Waals surface area contributed by atoms with Gasteiger partial charge in [0.05, 0.1) is 24.2 Å². The summed E-state index contributed by atoms with van der Waals surface area (Å²) in [5, 5.41) is 6.30. The summed E-state index contributed by atoms with van der Waals surface area (Å²) in [4.78, 5) is 17.3. The monoisotopic (exact) mass is 452 g/mol. The molecule has 3 aromatic carbocycles. The fraction of sp³-hybridized carbons (Fsp3) is 0.143. The third-order valence-electron chi connectivity index (χ3n) is 5.60. The van der Waals surface area contributed by atoms with Gasteiger partial charge in [-0.1, -0.05) is 48.5 Å². The Morgan fingerprint density at radius 2 is 1.71 bits per heavy atom. The number of hydrogen-bond donors (Lipinski definition) is 3. The maximum Gasteiger partial charge on any atom is 0.255 e. The zero-order valence-electron chi connectivity index (χ0n) is 19.3. The molecule has 0 radical (unpaired) electrons. The van der Waals surface area contributed by atoms with E-state index in [0.29, 0.717) is 30.0 Å². The smallest absolute Gasteiger partial charge is 0.255 e. The van der Waals surface area contributed by atoms with Gasteiger partial charge in [0.1, 0.15) is 5.75 Å². The van der Waals surface area contributed by atoms with Crippen molar-refractivity contribution < 1.29 is 9.53 Å². The number of para-hydroxylation sites is 3. The molecule has 0 spiro atoms. The Labute approximate surface area is 199 Å². The average molecular weight is 453 g/mol. The van der Waals surface area contributed by atoms with Crippen molar-refractivity contribution in [2.24, 2.45) is 0 Å². The second-order valence-electron chi connectivity index (χ2n) is 8.04. The summed E-state index contributed by atoms with van der Waals surface area (Å²) in [6.45, 7) is 3.46. The van der Waals surface area contributed by atoms with Crippen LogP contribution in [0.4, 0.5) is 11.4 Å². The summed E-state index contributed by atoms with van der Waals surface area (Å²) in [5.41, 5.74) is 12.8. The number of aryl methyl sites for hydroxylation is 1. The number of amides is 1. The van der Waals surface area contributed by atoms with Crippen LogP contribution in [0.2, 0.25) is 0 Å². The van der Waals surface area contributed by atoms with Crippen LogP contribution < -0.4 is 21.1 Å². The van der Waals surface area contributed by atoms with Crippen molar-refractivity contribution >= 4 is 17.3 Å². The lowest BCUT2D eigenvalue weighted by atomic mass is 10.0. The van der Waals surface area contributed by atoms with Crippen molar-refractivity contribution in [2.75, 3.05) is 18.2 Å². The highest BCUT2D eigenvalue weighted by Crippen LogP contribution is 2.24. The Morgan fingerprint density at radius 1 is 0.971 bits per heavy atom. The van der Waals surface area contributed by atoms with E-state index in [-0.39, 0.29) is 5.91 Å². The van der Waals surface area contributed by atoms with Gasteiger partial charge in [0.25, 0.3) is 5.91 Å². The van der Waals surface area contributed by atoms with Crippen LogP contribution in [0.15, 0.2) is 85.1 Å². The predicted molar refractivity (Wildman–Crippen MR) is 137 cm³/mol. The highest BCUT2D eigenvalue weighted by atomic mass is 16.5. The van der Waals surface area contributed by atoms with E-state index in [4.69, 9.17) is 10.5 Å². The van der Waals surface area contributed by atoms with E-state index < -0.39 is 0 Å². The normalized spacial score (nSPS) is 10.6. The first-order valence-electron chi connectivity index (χ1n) is 11.1. The van der Waals surface area contributed by atoms with Gasteiger partial charge < -0.3 is 21.1 Å². The van der Waals surface area contributed by atoms with Crippen molar-refractivity contribution in [3.8, 4) is 17.0 Å². The van der Waals surface area contributed by atoms with E-state index in [9.17, 15) is 4.79 Å². The van der Waals surface area contributed by atoms with Crippen molar-refractivity contribution in [1.82, 2.24) is 10.3 Å². The zero-order valence-corrected chi connectivity index (χ0v) is 19.3. The van der Waals surface area contributed by atoms with Gasteiger partial charge in [0.15, 0.2) is 0 Å². The summed E-state index contributed by atoms with van der Waals surface area (Å²) in [6.07, 6.45) is 1.89. The molecule has 6 nitrogen and oxygen atoms in total. The quantitative estimate of drug-likeness (QED) is 0.320. The second-order valence-corrected chi connectivity index (χ2v) is 8.04. The Kier molecular flexibility index (Phi) is 7.20. The molecule has 172 valence electrons. The Morgan fingerprint density at radius 3 is 2.44 bits per heavy atom. The van der Waals surface area contributed by atoms with Gasteiger partial charge in [0, 0.05) is 36.0 Å². The molecule has 0 bridgehead atoms. The number of anilines is 2. The first-order chi connectivity index (χ1) is 16.5. The third kappa shape index (κ3) is 5.42. The third-order valence-corrected chi connectivity index (χ3v) is 5.60. The minimum absolute atomic E-state index is 0.203. The molecule has 0 aliphatic carbocycles. The molecular formula is C28H28N4O2. The molecule has 1 heterocycles. The maximum absolute atomic E-state index is 12.6. The van der Waals surface area contributed by atoms with E-state index in [1.54, 1.807) is 31.4 Å². The van der Waals surface area contributed by atoms with Gasteiger partial charge >= 0.3 is 0 Å². The number of carbonyl (C=O) groups is 1. The minimum atomic E-state index is -0.203. The van der Waals surface area contributed by atoms with Gasteiger partial charge in [-0.2, -0.15) is 0 Å². The van der Waals surface area contributed by atoms with Crippen LogP contribution in [-0.2, 0) is 13.1 Å². The summed E-state index contributed by atoms with van der Waals surface area (Å²) < 4.78 is 5.41. The van der Waals surface area contributed by atoms with Crippen LogP contribution in [0.3, 0.4) is 0 Å². The van der Waals surface area contributed by atoms with Crippen molar-refractivity contribution in [3.05, 3.63) is 107 Å². The molecule has 0 saturated heterocycles. The van der Waals surface area contributed by atoms with Gasteiger partial charge in [-0.05, 0) is 48.4 Å². The molecule has 4 aromatic rings. The topological polar surface area (TPSA) is 89.3 Å². The molecule has 1 aromatic heterocycles. The summed E-state index contributed by atoms with van der Waals surface area (Å²) in [6, 6.07) is 24.7. The van der Waals surface area contributed by atoms with E-state index in [1.165, 1.54) is 0 Å². The fourth-order valence-corrected chi connectivity index (χ4v) is 3.81. The molecule has 0 fully saturated rings. The van der Waals surface area contributed by atoms with Crippen LogP contribution in [-0.4, -0.2) is 18.0 Å². The number of nitrogens with one attached hydrogen (secondary N) is 2. The van der Waals surface area contributed by atoms with Gasteiger partial charge in [-0.25, -0.2) is 0 Å². The lowest BCUT2D eigenvalue weighted by molar-refractivity contribution is 0.102. The molecule has 34 heavy (non-hydrogen) atoms. The number of nitrogens with two attached hydrogens (primary N) is 1. The SMILES string of the molecule is COc1ccccc1CNCc1cnc(-c2ccc(C(=O)Nc3ccccc3N)cc2)c(C)c1. The van der Waals surface area contributed by atoms with Crippen LogP contribution in [0.1, 0.15) is 27.0 Å². The molecule has 1 amide bonds. The van der Waals surface area contributed by atoms with Gasteiger partial charge in [0.2, 0.25) is 0 Å². The van der Waals surface area contributed by atoms with Crippen LogP contribution in [0.5, 0.6) is 5.75 Å². The fourth-order valence-electron chi connectivity index (χ4n) is 3.81. The predicted octanol–water partition coefficient (Wildman–Crippen LogP) is 5.19. The average Bonchev–Trinajstić information content (AvgIpc) is 2.86. The highest BCUT2D eigenvalue weighted by molar-refractivity contribution is 6.05. The minimum Gasteiger partial charge on any atom is -0.496 e. The summed E-state index contributed by atoms with van der Waals surface area (Å²) >= 11 is 0. The van der Waals surface area contributed by atoms with Gasteiger partial charge in [-0.15, -0.1) is 0 Å². The number of rotatable bonds is 8. The van der Waals surface area contributed by atoms with Crippen LogP contribution in [0, 0.1) is 6.92 Å². The number of nitrogens with zero attached hydrogens (tertiary/aromatic N) is 1. The first-order valence-corrected chi connectivity index (χ1v) is 11.1. The molecule has 4 N–H and O–H groups in total. The number of ether oxygens (including phenoxy) is 1. The molecular weight excluding hydrogens is 424 g/mol. The van der Waals surface area contributed by atoms with Crippen molar-refractivity contribution in [1.29, 1.82) is 0 Å². The number of nitrogen functional groups attached to an aromatic ring is 1. The Hall–Kier alpha value is -4.16. The number of aromatic nitrogens is 1. The molecule has 0 saturated carbocycles. The standard InChI is InChI=1S/C28H28N4O2/c1-19-15-20(16-30-18-23-7-3-6-10-26(23)34-2)17-31-27(19)21-11-13-22(14-12-21)28(33)32-25-9-5-4-8-24(25)29/h3-15,17,30H,16,18,29H2,1-2H3,(H,32,33). The zero-order chi connectivity index (χ0) is 23.9. The molecule has 0 aliphatic heterocycles. The van der Waals surface area contributed by atoms with E-state index in [0.717, 1.165) is 33.7 Å². The number of methoxy groups -OCH3 is 1. The molecule has 0 aliphatic rings. The first kappa shape index (κ1) is 23.0. The van der Waals surface area contributed by atoms with Crippen molar-refractivity contribution in [3.63, 3.8) is 0 Å². The Bertz CT molecular complexity index is 1290. The van der Waals surface area contributed by atoms with Gasteiger partial charge in [-0.3, -0.25) is 9.78 Å². The highest BCUT2D eigenvalue weighted by Gasteiger charge is 2.10. The summed E-state index contributed by atoms with van der Waals surface area (Å²) in [5.74, 6) is 0.676. The number of benzene rings is 3. The number of hydrogen-bond acceptors (Lipinski definition) is 5. The number of pyridine rings is 1. The van der Waals surface area contributed by atoms with Crippen molar-refractivity contribution in [2.45, 2.75) is 20.0 Å². The van der Waals surface area contributed by atoms with E-state index in [2.05, 4.69) is 27.8 Å². The lowest BCUT2D eigenvalue weighted by Crippen LogP contribution is -2.14. The largest absolute Gasteiger partial charge is 0.496 e. The maximum atomic E-state index is 12.6. The van der Waals surface area contributed by atoms with E-state index >= 15 is 0 Å². The van der Waals surface area contributed by atoms with Crippen LogP contribution in [0.25, 0.3) is 11.3 Å².